The SMILES string of the molecule is O=C(C1CC1)N1CC[C@]2(C1)Cn1c(nn(Cc3ccccc3)c(=O)c1=O)CO2. The number of fused-ring (bicyclic) bond motifs is 1. The Morgan fingerprint density at radius 3 is 2.68 bits per heavy atom. The second kappa shape index (κ2) is 6.41. The molecule has 1 spiro atoms. The molecule has 1 amide bonds. The maximum atomic E-state index is 12.8. The summed E-state index contributed by atoms with van der Waals surface area (Å²) >= 11 is 0. The first-order valence-corrected chi connectivity index (χ1v) is 9.72. The predicted molar refractivity (Wildman–Crippen MR) is 99.7 cm³/mol. The zero-order valence-corrected chi connectivity index (χ0v) is 15.5. The van der Waals surface area contributed by atoms with E-state index in [-0.39, 0.29) is 31.5 Å². The van der Waals surface area contributed by atoms with Gasteiger partial charge < -0.3 is 9.64 Å². The number of carbonyl (C=O) groups is 1. The number of hydrogen-bond donors (Lipinski definition) is 0. The van der Waals surface area contributed by atoms with Crippen molar-refractivity contribution in [3.05, 3.63) is 62.4 Å². The third-order valence-electron chi connectivity index (χ3n) is 5.89. The van der Waals surface area contributed by atoms with Crippen molar-refractivity contribution in [2.45, 2.75) is 44.6 Å². The van der Waals surface area contributed by atoms with Crippen molar-refractivity contribution >= 4 is 5.91 Å². The van der Waals surface area contributed by atoms with Gasteiger partial charge in [-0.05, 0) is 24.8 Å². The fourth-order valence-electron chi connectivity index (χ4n) is 4.13. The summed E-state index contributed by atoms with van der Waals surface area (Å²) in [6.07, 6.45) is 2.61. The van der Waals surface area contributed by atoms with Crippen LogP contribution in [0.5, 0.6) is 0 Å². The number of nitrogens with zero attached hydrogens (tertiary/aromatic N) is 4. The van der Waals surface area contributed by atoms with Crippen LogP contribution in [0.2, 0.25) is 0 Å². The van der Waals surface area contributed by atoms with Gasteiger partial charge >= 0.3 is 11.1 Å². The van der Waals surface area contributed by atoms with Crippen LogP contribution in [0.1, 0.15) is 30.7 Å². The highest BCUT2D eigenvalue weighted by Gasteiger charge is 2.46. The summed E-state index contributed by atoms with van der Waals surface area (Å²) in [5, 5.41) is 4.38. The maximum absolute atomic E-state index is 12.8. The summed E-state index contributed by atoms with van der Waals surface area (Å²) in [7, 11) is 0. The van der Waals surface area contributed by atoms with Crippen molar-refractivity contribution in [3.63, 3.8) is 0 Å². The summed E-state index contributed by atoms with van der Waals surface area (Å²) in [6, 6.07) is 9.44. The zero-order valence-electron chi connectivity index (χ0n) is 15.5. The molecule has 5 rings (SSSR count). The molecule has 0 bridgehead atoms. The predicted octanol–water partition coefficient (Wildman–Crippen LogP) is 0.365. The second-order valence-corrected chi connectivity index (χ2v) is 8.01. The van der Waals surface area contributed by atoms with Gasteiger partial charge in [-0.1, -0.05) is 30.3 Å². The number of ether oxygens (including phenoxy) is 1. The van der Waals surface area contributed by atoms with Crippen LogP contribution < -0.4 is 11.1 Å². The molecule has 1 saturated heterocycles. The van der Waals surface area contributed by atoms with E-state index in [2.05, 4.69) is 5.10 Å². The van der Waals surface area contributed by atoms with E-state index in [4.69, 9.17) is 4.74 Å². The number of benzene rings is 1. The summed E-state index contributed by atoms with van der Waals surface area (Å²) in [5.41, 5.74) is -0.898. The van der Waals surface area contributed by atoms with Crippen LogP contribution in [-0.2, 0) is 29.2 Å². The average molecular weight is 382 g/mol. The molecule has 3 aliphatic rings. The minimum atomic E-state index is -0.631. The largest absolute Gasteiger partial charge is 0.363 e. The minimum absolute atomic E-state index is 0.162. The van der Waals surface area contributed by atoms with E-state index in [1.165, 1.54) is 9.25 Å². The van der Waals surface area contributed by atoms with E-state index in [9.17, 15) is 14.4 Å². The van der Waals surface area contributed by atoms with Gasteiger partial charge in [-0.3, -0.25) is 19.0 Å². The van der Waals surface area contributed by atoms with E-state index in [0.29, 0.717) is 25.3 Å². The van der Waals surface area contributed by atoms with Crippen LogP contribution in [0.15, 0.2) is 39.9 Å². The first kappa shape index (κ1) is 17.4. The Hall–Kier alpha value is -2.74. The molecule has 146 valence electrons. The van der Waals surface area contributed by atoms with Gasteiger partial charge in [0.2, 0.25) is 5.91 Å². The zero-order chi connectivity index (χ0) is 19.3. The normalized spacial score (nSPS) is 23.8. The van der Waals surface area contributed by atoms with Crippen molar-refractivity contribution < 1.29 is 9.53 Å². The van der Waals surface area contributed by atoms with Crippen LogP contribution in [0.3, 0.4) is 0 Å². The first-order valence-electron chi connectivity index (χ1n) is 9.72. The molecule has 1 aromatic heterocycles. The quantitative estimate of drug-likeness (QED) is 0.716. The van der Waals surface area contributed by atoms with Crippen LogP contribution in [0, 0.1) is 5.92 Å². The van der Waals surface area contributed by atoms with Gasteiger partial charge in [-0.2, -0.15) is 5.10 Å². The molecule has 1 aliphatic carbocycles. The lowest BCUT2D eigenvalue weighted by Gasteiger charge is -2.35. The maximum Gasteiger partial charge on any atom is 0.332 e. The fraction of sp³-hybridized carbons (Fsp3) is 0.500. The molecule has 0 radical (unpaired) electrons. The van der Waals surface area contributed by atoms with Gasteiger partial charge in [-0.15, -0.1) is 0 Å². The van der Waals surface area contributed by atoms with Crippen LogP contribution in [0.25, 0.3) is 0 Å². The lowest BCUT2D eigenvalue weighted by atomic mass is 10.0. The number of carbonyl (C=O) groups excluding carboxylic acids is 1. The van der Waals surface area contributed by atoms with Crippen molar-refractivity contribution in [3.8, 4) is 0 Å². The number of hydrogen-bond acceptors (Lipinski definition) is 5. The van der Waals surface area contributed by atoms with Gasteiger partial charge in [0.25, 0.3) is 0 Å². The molecule has 3 heterocycles. The first-order chi connectivity index (χ1) is 13.5. The van der Waals surface area contributed by atoms with Crippen molar-refractivity contribution in [2.24, 2.45) is 5.92 Å². The molecule has 28 heavy (non-hydrogen) atoms. The fourth-order valence-corrected chi connectivity index (χ4v) is 4.13. The summed E-state index contributed by atoms with van der Waals surface area (Å²) in [6.45, 7) is 1.79. The standard InChI is InChI=1S/C20H22N4O4/c25-17(15-6-7-15)22-9-8-20(12-22)13-23-16(11-28-20)21-24(19(27)18(23)26)10-14-4-2-1-3-5-14/h1-5,15H,6-13H2/t20-/m0/s1. The Bertz CT molecular complexity index is 1040. The molecule has 1 saturated carbocycles. The third-order valence-corrected chi connectivity index (χ3v) is 5.89. The van der Waals surface area contributed by atoms with Gasteiger partial charge in [0, 0.05) is 12.5 Å². The average Bonchev–Trinajstić information content (AvgIpc) is 3.49. The molecule has 0 N–H and O–H groups in total. The molecule has 8 heteroatoms. The molecule has 8 nitrogen and oxygen atoms in total. The Kier molecular flexibility index (Phi) is 3.97. The van der Waals surface area contributed by atoms with Crippen LogP contribution in [-0.4, -0.2) is 43.8 Å². The smallest absolute Gasteiger partial charge is 0.332 e. The summed E-state index contributed by atoms with van der Waals surface area (Å²) in [4.78, 5) is 39.5. The highest BCUT2D eigenvalue weighted by atomic mass is 16.5. The van der Waals surface area contributed by atoms with Gasteiger partial charge in [0.05, 0.1) is 19.6 Å². The van der Waals surface area contributed by atoms with Gasteiger partial charge in [-0.25, -0.2) is 4.68 Å². The molecule has 0 unspecified atom stereocenters. The lowest BCUT2D eigenvalue weighted by Crippen LogP contribution is -2.53. The summed E-state index contributed by atoms with van der Waals surface area (Å²) in [5.74, 6) is 0.814. The Labute approximate surface area is 161 Å². The molecular formula is C20H22N4O4. The van der Waals surface area contributed by atoms with E-state index >= 15 is 0 Å². The Morgan fingerprint density at radius 2 is 1.93 bits per heavy atom. The number of rotatable bonds is 3. The molecule has 2 fully saturated rings. The van der Waals surface area contributed by atoms with Crippen molar-refractivity contribution in [1.29, 1.82) is 0 Å². The van der Waals surface area contributed by atoms with E-state index in [1.54, 1.807) is 0 Å². The topological polar surface area (TPSA) is 86.4 Å². The molecule has 2 aromatic rings. The summed E-state index contributed by atoms with van der Waals surface area (Å²) < 4.78 is 8.76. The van der Waals surface area contributed by atoms with Crippen LogP contribution >= 0.6 is 0 Å². The van der Waals surface area contributed by atoms with Crippen molar-refractivity contribution in [1.82, 2.24) is 19.2 Å². The minimum Gasteiger partial charge on any atom is -0.363 e. The third kappa shape index (κ3) is 2.97. The molecular weight excluding hydrogens is 360 g/mol. The monoisotopic (exact) mass is 382 g/mol. The second-order valence-electron chi connectivity index (χ2n) is 8.01. The Balaban J connectivity index is 1.41. The van der Waals surface area contributed by atoms with E-state index < -0.39 is 16.7 Å². The molecule has 2 aliphatic heterocycles. The van der Waals surface area contributed by atoms with Gasteiger partial charge in [0.15, 0.2) is 5.82 Å². The molecule has 1 atom stereocenters. The van der Waals surface area contributed by atoms with Crippen LogP contribution in [0.4, 0.5) is 0 Å². The highest BCUT2D eigenvalue weighted by Crippen LogP contribution is 2.36. The Morgan fingerprint density at radius 1 is 1.14 bits per heavy atom. The lowest BCUT2D eigenvalue weighted by molar-refractivity contribution is -0.134. The van der Waals surface area contributed by atoms with Gasteiger partial charge in [0.1, 0.15) is 12.2 Å². The number of aromatic nitrogens is 3. The van der Waals surface area contributed by atoms with Crippen molar-refractivity contribution in [2.75, 3.05) is 13.1 Å². The molecule has 1 aromatic carbocycles. The number of amides is 1. The van der Waals surface area contributed by atoms with E-state index in [0.717, 1.165) is 18.4 Å². The number of likely N-dealkylation sites (tertiary alicyclic amines) is 1. The van der Waals surface area contributed by atoms with E-state index in [1.807, 2.05) is 35.2 Å². The highest BCUT2D eigenvalue weighted by molar-refractivity contribution is 5.81.